The Hall–Kier alpha value is -4.33. The molecule has 0 saturated heterocycles. The van der Waals surface area contributed by atoms with Gasteiger partial charge in [-0.2, -0.15) is 0 Å². The fourth-order valence-electron chi connectivity index (χ4n) is 4.20. The van der Waals surface area contributed by atoms with Crippen molar-refractivity contribution in [2.45, 2.75) is 6.42 Å². The number of anilines is 1. The first-order valence-electron chi connectivity index (χ1n) is 11.3. The van der Waals surface area contributed by atoms with Crippen LogP contribution in [-0.2, 0) is 6.42 Å². The highest BCUT2D eigenvalue weighted by molar-refractivity contribution is 5.93. The van der Waals surface area contributed by atoms with Gasteiger partial charge in [0, 0.05) is 24.5 Å². The first-order valence-corrected chi connectivity index (χ1v) is 11.3. The van der Waals surface area contributed by atoms with Crippen molar-refractivity contribution in [2.24, 2.45) is 0 Å². The summed E-state index contributed by atoms with van der Waals surface area (Å²) in [7, 11) is 6.98. The summed E-state index contributed by atoms with van der Waals surface area (Å²) >= 11 is 0. The number of ether oxygens (including phenoxy) is 3. The zero-order valence-electron chi connectivity index (χ0n) is 20.2. The SMILES string of the molecule is COc1cccc(-c2nnc3c4ccccc4nc(N(C)CCc4ccc(OC)c(OC)c4)n23)c1. The summed E-state index contributed by atoms with van der Waals surface area (Å²) in [5.74, 6) is 3.68. The van der Waals surface area contributed by atoms with E-state index < -0.39 is 0 Å². The molecule has 0 radical (unpaired) electrons. The minimum Gasteiger partial charge on any atom is -0.497 e. The van der Waals surface area contributed by atoms with Crippen LogP contribution >= 0.6 is 0 Å². The van der Waals surface area contributed by atoms with Gasteiger partial charge in [0.2, 0.25) is 5.95 Å². The second-order valence-electron chi connectivity index (χ2n) is 8.20. The van der Waals surface area contributed by atoms with E-state index in [1.54, 1.807) is 21.3 Å². The molecule has 35 heavy (non-hydrogen) atoms. The molecule has 2 heterocycles. The molecule has 0 spiro atoms. The fourth-order valence-corrected chi connectivity index (χ4v) is 4.20. The normalized spacial score (nSPS) is 11.1. The van der Waals surface area contributed by atoms with E-state index in [0.29, 0.717) is 5.82 Å². The third kappa shape index (κ3) is 4.19. The Morgan fingerprint density at radius 2 is 1.66 bits per heavy atom. The van der Waals surface area contributed by atoms with Crippen LogP contribution in [-0.4, -0.2) is 54.5 Å². The van der Waals surface area contributed by atoms with E-state index in [1.165, 1.54) is 0 Å². The van der Waals surface area contributed by atoms with E-state index in [0.717, 1.165) is 63.8 Å². The molecular formula is C27H27N5O3. The van der Waals surface area contributed by atoms with Crippen LogP contribution in [0.5, 0.6) is 17.2 Å². The van der Waals surface area contributed by atoms with Gasteiger partial charge in [0.05, 0.1) is 26.8 Å². The number of hydrogen-bond acceptors (Lipinski definition) is 7. The third-order valence-electron chi connectivity index (χ3n) is 6.08. The van der Waals surface area contributed by atoms with Gasteiger partial charge in [-0.15, -0.1) is 10.2 Å². The lowest BCUT2D eigenvalue weighted by molar-refractivity contribution is 0.354. The summed E-state index contributed by atoms with van der Waals surface area (Å²) in [6.07, 6.45) is 0.795. The van der Waals surface area contributed by atoms with Crippen molar-refractivity contribution in [3.8, 4) is 28.6 Å². The number of hydrogen-bond donors (Lipinski definition) is 0. The minimum absolute atomic E-state index is 0.713. The molecule has 5 aromatic rings. The predicted molar refractivity (Wildman–Crippen MR) is 137 cm³/mol. The molecule has 0 aliphatic rings. The maximum absolute atomic E-state index is 5.47. The van der Waals surface area contributed by atoms with E-state index in [1.807, 2.05) is 72.1 Å². The van der Waals surface area contributed by atoms with E-state index in [-0.39, 0.29) is 0 Å². The number of aromatic nitrogens is 4. The molecule has 0 aliphatic carbocycles. The molecule has 0 N–H and O–H groups in total. The number of rotatable bonds is 8. The Morgan fingerprint density at radius 1 is 0.829 bits per heavy atom. The van der Waals surface area contributed by atoms with E-state index in [4.69, 9.17) is 19.2 Å². The fraction of sp³-hybridized carbons (Fsp3) is 0.222. The zero-order chi connectivity index (χ0) is 24.4. The Balaban J connectivity index is 1.57. The maximum atomic E-state index is 5.47. The lowest BCUT2D eigenvalue weighted by Gasteiger charge is -2.21. The number of nitrogens with zero attached hydrogens (tertiary/aromatic N) is 5. The van der Waals surface area contributed by atoms with Crippen LogP contribution in [0, 0.1) is 0 Å². The molecule has 0 amide bonds. The number of fused-ring (bicyclic) bond motifs is 3. The smallest absolute Gasteiger partial charge is 0.213 e. The highest BCUT2D eigenvalue weighted by atomic mass is 16.5. The van der Waals surface area contributed by atoms with Crippen LogP contribution < -0.4 is 19.1 Å². The molecule has 0 atom stereocenters. The molecule has 3 aromatic carbocycles. The van der Waals surface area contributed by atoms with Crippen LogP contribution in [0.4, 0.5) is 5.95 Å². The lowest BCUT2D eigenvalue weighted by atomic mass is 10.1. The highest BCUT2D eigenvalue weighted by Crippen LogP contribution is 2.30. The lowest BCUT2D eigenvalue weighted by Crippen LogP contribution is -2.24. The summed E-state index contributed by atoms with van der Waals surface area (Å²) < 4.78 is 18.3. The molecule has 0 fully saturated rings. The molecular weight excluding hydrogens is 442 g/mol. The average Bonchev–Trinajstić information content (AvgIpc) is 3.36. The Kier molecular flexibility index (Phi) is 6.10. The summed E-state index contributed by atoms with van der Waals surface area (Å²) in [5.41, 5.74) is 3.69. The van der Waals surface area contributed by atoms with Crippen LogP contribution in [0.1, 0.15) is 5.56 Å². The Bertz CT molecular complexity index is 1500. The molecule has 0 unspecified atom stereocenters. The number of benzene rings is 3. The van der Waals surface area contributed by atoms with Crippen molar-refractivity contribution in [2.75, 3.05) is 39.8 Å². The predicted octanol–water partition coefficient (Wildman–Crippen LogP) is 4.65. The van der Waals surface area contributed by atoms with Crippen molar-refractivity contribution < 1.29 is 14.2 Å². The maximum Gasteiger partial charge on any atom is 0.213 e. The molecule has 8 nitrogen and oxygen atoms in total. The van der Waals surface area contributed by atoms with Gasteiger partial charge in [-0.3, -0.25) is 0 Å². The van der Waals surface area contributed by atoms with E-state index in [9.17, 15) is 0 Å². The van der Waals surface area contributed by atoms with Gasteiger partial charge in [0.15, 0.2) is 23.0 Å². The standard InChI is InChI=1S/C27H27N5O3/c1-31(15-14-18-12-13-23(34-3)24(16-18)35-4)27-28-22-11-6-5-10-21(22)26-30-29-25(32(26)27)19-8-7-9-20(17-19)33-2/h5-13,16-17H,14-15H2,1-4H3. The zero-order valence-corrected chi connectivity index (χ0v) is 20.2. The third-order valence-corrected chi connectivity index (χ3v) is 6.08. The van der Waals surface area contributed by atoms with Gasteiger partial charge in [0.25, 0.3) is 0 Å². The number of likely N-dealkylation sites (N-methyl/N-ethyl adjacent to an activating group) is 1. The van der Waals surface area contributed by atoms with Crippen LogP contribution in [0.3, 0.4) is 0 Å². The molecule has 0 bridgehead atoms. The largest absolute Gasteiger partial charge is 0.497 e. The van der Waals surface area contributed by atoms with Crippen LogP contribution in [0.2, 0.25) is 0 Å². The first-order chi connectivity index (χ1) is 17.1. The van der Waals surface area contributed by atoms with Crippen LogP contribution in [0.25, 0.3) is 27.9 Å². The van der Waals surface area contributed by atoms with Gasteiger partial charge >= 0.3 is 0 Å². The van der Waals surface area contributed by atoms with Crippen molar-refractivity contribution in [1.29, 1.82) is 0 Å². The summed E-state index contributed by atoms with van der Waals surface area (Å²) in [6.45, 7) is 0.728. The molecule has 178 valence electrons. The second-order valence-corrected chi connectivity index (χ2v) is 8.20. The minimum atomic E-state index is 0.713. The molecule has 2 aromatic heterocycles. The summed E-state index contributed by atoms with van der Waals surface area (Å²) in [4.78, 5) is 7.14. The molecule has 5 rings (SSSR count). The molecule has 8 heteroatoms. The van der Waals surface area contributed by atoms with Crippen molar-refractivity contribution in [3.05, 3.63) is 72.3 Å². The van der Waals surface area contributed by atoms with Gasteiger partial charge in [-0.1, -0.05) is 30.3 Å². The highest BCUT2D eigenvalue weighted by Gasteiger charge is 2.19. The Morgan fingerprint density at radius 3 is 2.46 bits per heavy atom. The van der Waals surface area contributed by atoms with Crippen molar-refractivity contribution >= 4 is 22.5 Å². The quantitative estimate of drug-likeness (QED) is 0.327. The summed E-state index contributed by atoms with van der Waals surface area (Å²) in [5, 5.41) is 10.1. The van der Waals surface area contributed by atoms with Gasteiger partial charge in [-0.05, 0) is 48.4 Å². The number of methoxy groups -OCH3 is 3. The van der Waals surface area contributed by atoms with E-state index >= 15 is 0 Å². The van der Waals surface area contributed by atoms with Gasteiger partial charge in [0.1, 0.15) is 5.75 Å². The second kappa shape index (κ2) is 9.50. The van der Waals surface area contributed by atoms with Crippen molar-refractivity contribution in [1.82, 2.24) is 19.6 Å². The molecule has 0 aliphatic heterocycles. The van der Waals surface area contributed by atoms with Gasteiger partial charge < -0.3 is 19.1 Å². The number of para-hydroxylation sites is 1. The van der Waals surface area contributed by atoms with Gasteiger partial charge in [-0.25, -0.2) is 9.38 Å². The van der Waals surface area contributed by atoms with Crippen molar-refractivity contribution in [3.63, 3.8) is 0 Å². The monoisotopic (exact) mass is 469 g/mol. The van der Waals surface area contributed by atoms with E-state index in [2.05, 4.69) is 21.2 Å². The summed E-state index contributed by atoms with van der Waals surface area (Å²) in [6, 6.07) is 21.8. The van der Waals surface area contributed by atoms with Crippen LogP contribution in [0.15, 0.2) is 66.7 Å². The average molecular weight is 470 g/mol. The molecule has 0 saturated carbocycles. The Labute approximate surface area is 203 Å². The first kappa shape index (κ1) is 22.5. The topological polar surface area (TPSA) is 74.0 Å².